The van der Waals surface area contributed by atoms with E-state index in [4.69, 9.17) is 39.9 Å². The van der Waals surface area contributed by atoms with Crippen LogP contribution in [0.25, 0.3) is 0 Å². The molecule has 0 rings (SSSR count). The van der Waals surface area contributed by atoms with E-state index in [1.807, 2.05) is 0 Å². The van der Waals surface area contributed by atoms with Gasteiger partial charge in [0.2, 0.25) is 3.79 Å². The van der Waals surface area contributed by atoms with Gasteiger partial charge in [-0.05, 0) is 0 Å². The summed E-state index contributed by atoms with van der Waals surface area (Å²) in [5.74, 6) is 0. The van der Waals surface area contributed by atoms with Crippen LogP contribution in [0, 0.1) is 0 Å². The summed E-state index contributed by atoms with van der Waals surface area (Å²) < 4.78 is -1.49. The molecule has 0 aliphatic rings. The van der Waals surface area contributed by atoms with Crippen LogP contribution in [0.15, 0.2) is 0 Å². The molecule has 0 aromatic heterocycles. The summed E-state index contributed by atoms with van der Waals surface area (Å²) in [6, 6.07) is 0. The Hall–Kier alpha value is 1.79. The molecule has 0 aliphatic heterocycles. The van der Waals surface area contributed by atoms with Gasteiger partial charge in [-0.2, -0.15) is 0 Å². The first kappa shape index (κ1) is 16.4. The molecule has 0 aliphatic carbocycles. The van der Waals surface area contributed by atoms with Crippen LogP contribution >= 0.6 is 34.8 Å². The van der Waals surface area contributed by atoms with Gasteiger partial charge in [0.05, 0.1) is 6.61 Å². The molecule has 0 fully saturated rings. The third-order valence-corrected chi connectivity index (χ3v) is 0.538. The van der Waals surface area contributed by atoms with E-state index in [0.717, 1.165) is 0 Å². The number of hydrogen-bond donors (Lipinski definition) is 1. The summed E-state index contributed by atoms with van der Waals surface area (Å²) >= 11 is 15.0. The van der Waals surface area contributed by atoms with Crippen molar-refractivity contribution in [3.63, 3.8) is 0 Å². The zero-order valence-corrected chi connectivity index (χ0v) is 8.50. The molecule has 0 saturated carbocycles. The molecular weight excluding hydrogens is 185 g/mol. The number of alkyl halides is 3. The molecule has 6 heteroatoms. The molecule has 0 atom stereocenters. The molecule has 46 valence electrons. The van der Waals surface area contributed by atoms with Gasteiger partial charge in [-0.3, -0.25) is 0 Å². The molecule has 0 amide bonds. The summed E-state index contributed by atoms with van der Waals surface area (Å²) in [6.07, 6.45) is 0. The van der Waals surface area contributed by atoms with Crippen molar-refractivity contribution in [1.29, 1.82) is 0 Å². The van der Waals surface area contributed by atoms with Crippen molar-refractivity contribution >= 4 is 34.8 Å². The third kappa shape index (κ3) is 15.7. The monoisotopic (exact) mass is 188 g/mol. The zero-order chi connectivity index (χ0) is 5.21. The van der Waals surface area contributed by atoms with Crippen molar-refractivity contribution in [1.82, 2.24) is 0 Å². The van der Waals surface area contributed by atoms with Crippen LogP contribution < -0.4 is 29.6 Å². The molecule has 0 radical (unpaired) electrons. The Morgan fingerprint density at radius 3 is 1.38 bits per heavy atom. The van der Waals surface area contributed by atoms with Crippen molar-refractivity contribution in [2.24, 2.45) is 0 Å². The van der Waals surface area contributed by atoms with Crippen molar-refractivity contribution in [3.8, 4) is 0 Å². The molecular formula is C2H4Cl3NaO2. The van der Waals surface area contributed by atoms with Gasteiger partial charge < -0.3 is 10.6 Å². The van der Waals surface area contributed by atoms with E-state index in [9.17, 15) is 0 Å². The summed E-state index contributed by atoms with van der Waals surface area (Å²) in [7, 11) is 0. The maximum absolute atomic E-state index is 8.01. The molecule has 8 heavy (non-hydrogen) atoms. The molecule has 0 spiro atoms. The van der Waals surface area contributed by atoms with Gasteiger partial charge in [0, 0.05) is 0 Å². The molecule has 0 heterocycles. The minimum Gasteiger partial charge on any atom is -0.870 e. The van der Waals surface area contributed by atoms with Crippen molar-refractivity contribution in [2.75, 3.05) is 6.61 Å². The molecule has 2 N–H and O–H groups in total. The van der Waals surface area contributed by atoms with E-state index in [1.165, 1.54) is 0 Å². The second kappa shape index (κ2) is 6.90. The Balaban J connectivity index is -0.000000125. The fourth-order valence-electron chi connectivity index (χ4n) is 0. The van der Waals surface area contributed by atoms with Gasteiger partial charge in [-0.25, -0.2) is 0 Å². The van der Waals surface area contributed by atoms with Gasteiger partial charge in [0.25, 0.3) is 0 Å². The molecule has 0 aromatic carbocycles. The quantitative estimate of drug-likeness (QED) is 0.360. The minimum atomic E-state index is -1.49. The number of aliphatic hydroxyl groups is 1. The SMILES string of the molecule is OCC(Cl)(Cl)Cl.[Na+].[OH-]. The summed E-state index contributed by atoms with van der Waals surface area (Å²) in [4.78, 5) is 0. The smallest absolute Gasteiger partial charge is 0.870 e. The van der Waals surface area contributed by atoms with Crippen LogP contribution in [0.4, 0.5) is 0 Å². The standard InChI is InChI=1S/C2H3Cl3O.Na.H2O/c3-2(4,5)1-6;;/h6H,1H2;;1H2/q;+1;/p-1. The van der Waals surface area contributed by atoms with Crippen LogP contribution in [-0.2, 0) is 0 Å². The van der Waals surface area contributed by atoms with Crippen LogP contribution in [-0.4, -0.2) is 21.0 Å². The van der Waals surface area contributed by atoms with Crippen LogP contribution in [0.3, 0.4) is 0 Å². The number of rotatable bonds is 0. The largest absolute Gasteiger partial charge is 1.00 e. The number of halogens is 3. The normalized spacial score (nSPS) is 9.00. The zero-order valence-electron chi connectivity index (χ0n) is 4.24. The fourth-order valence-corrected chi connectivity index (χ4v) is 0. The van der Waals surface area contributed by atoms with Crippen molar-refractivity contribution in [2.45, 2.75) is 3.79 Å². The maximum Gasteiger partial charge on any atom is 1.00 e. The third-order valence-electron chi connectivity index (χ3n) is 0.179. The Morgan fingerprint density at radius 2 is 1.38 bits per heavy atom. The van der Waals surface area contributed by atoms with Gasteiger partial charge in [-0.1, -0.05) is 34.8 Å². The molecule has 0 bridgehead atoms. The predicted octanol–water partition coefficient (Wildman–Crippen LogP) is -1.82. The van der Waals surface area contributed by atoms with E-state index in [2.05, 4.69) is 0 Å². The second-order valence-electron chi connectivity index (χ2n) is 0.773. The van der Waals surface area contributed by atoms with Crippen LogP contribution in [0.5, 0.6) is 0 Å². The van der Waals surface area contributed by atoms with Crippen molar-refractivity contribution < 1.29 is 40.1 Å². The Bertz CT molecular complexity index is 45.0. The first-order valence-electron chi connectivity index (χ1n) is 1.24. The first-order chi connectivity index (χ1) is 2.56. The Kier molecular flexibility index (Phi) is 14.2. The topological polar surface area (TPSA) is 50.2 Å². The number of aliphatic hydroxyl groups excluding tert-OH is 1. The second-order valence-corrected chi connectivity index (χ2v) is 3.29. The molecule has 0 saturated heterocycles. The van der Waals surface area contributed by atoms with E-state index in [0.29, 0.717) is 0 Å². The van der Waals surface area contributed by atoms with Gasteiger partial charge in [0.15, 0.2) is 0 Å². The molecule has 0 unspecified atom stereocenters. The van der Waals surface area contributed by atoms with Crippen molar-refractivity contribution in [3.05, 3.63) is 0 Å². The number of hydrogen-bond acceptors (Lipinski definition) is 2. The fraction of sp³-hybridized carbons (Fsp3) is 1.00. The average Bonchev–Trinajstić information content (AvgIpc) is 1.35. The van der Waals surface area contributed by atoms with E-state index in [-0.39, 0.29) is 35.0 Å². The summed E-state index contributed by atoms with van der Waals surface area (Å²) in [6.45, 7) is -0.433. The van der Waals surface area contributed by atoms with E-state index >= 15 is 0 Å². The summed E-state index contributed by atoms with van der Waals surface area (Å²) in [5, 5.41) is 8.01. The maximum atomic E-state index is 8.01. The predicted molar refractivity (Wildman–Crippen MR) is 29.3 cm³/mol. The molecule has 0 aromatic rings. The average molecular weight is 189 g/mol. The van der Waals surface area contributed by atoms with Gasteiger partial charge >= 0.3 is 29.6 Å². The van der Waals surface area contributed by atoms with Crippen LogP contribution in [0.2, 0.25) is 0 Å². The Labute approximate surface area is 84.7 Å². The molecule has 2 nitrogen and oxygen atoms in total. The summed E-state index contributed by atoms with van der Waals surface area (Å²) in [5.41, 5.74) is 0. The van der Waals surface area contributed by atoms with E-state index in [1.54, 1.807) is 0 Å². The van der Waals surface area contributed by atoms with Gasteiger partial charge in [0.1, 0.15) is 0 Å². The Morgan fingerprint density at radius 1 is 1.25 bits per heavy atom. The first-order valence-corrected chi connectivity index (χ1v) is 2.37. The van der Waals surface area contributed by atoms with E-state index < -0.39 is 10.4 Å². The van der Waals surface area contributed by atoms with Crippen LogP contribution in [0.1, 0.15) is 0 Å². The minimum absolute atomic E-state index is 0. The van der Waals surface area contributed by atoms with Gasteiger partial charge in [-0.15, -0.1) is 0 Å².